The van der Waals surface area contributed by atoms with Crippen LogP contribution in [0.4, 0.5) is 0 Å². The van der Waals surface area contributed by atoms with Gasteiger partial charge in [-0.05, 0) is 30.8 Å². The highest BCUT2D eigenvalue weighted by molar-refractivity contribution is 8.18. The number of aryl methyl sites for hydroxylation is 2. The first-order chi connectivity index (χ1) is 7.06. The molecule has 0 aromatic carbocycles. The van der Waals surface area contributed by atoms with Gasteiger partial charge in [0, 0.05) is 7.05 Å². The van der Waals surface area contributed by atoms with Gasteiger partial charge in [-0.15, -0.1) is 0 Å². The maximum absolute atomic E-state index is 11.3. The lowest BCUT2D eigenvalue weighted by Gasteiger charge is -1.95. The summed E-state index contributed by atoms with van der Waals surface area (Å²) in [6.45, 7) is 1.90. The number of hydrogen-bond donors (Lipinski definition) is 1. The molecule has 1 aromatic heterocycles. The largest absolute Gasteiger partial charge is 0.378 e. The van der Waals surface area contributed by atoms with Crippen molar-refractivity contribution in [1.29, 1.82) is 0 Å². The normalized spacial score (nSPS) is 18.7. The maximum atomic E-state index is 11.3. The lowest BCUT2D eigenvalue weighted by atomic mass is 10.3. The molecule has 2 N–H and O–H groups in total. The molecular weight excluding hydrogens is 212 g/mol. The second-order valence-electron chi connectivity index (χ2n) is 3.20. The Morgan fingerprint density at radius 1 is 1.60 bits per heavy atom. The van der Waals surface area contributed by atoms with E-state index in [0.717, 1.165) is 11.4 Å². The van der Waals surface area contributed by atoms with E-state index >= 15 is 0 Å². The third kappa shape index (κ3) is 1.94. The van der Waals surface area contributed by atoms with Crippen LogP contribution >= 0.6 is 11.8 Å². The van der Waals surface area contributed by atoms with Gasteiger partial charge in [0.2, 0.25) is 0 Å². The molecule has 2 rings (SSSR count). The molecule has 1 aliphatic rings. The van der Waals surface area contributed by atoms with Crippen molar-refractivity contribution in [2.24, 2.45) is 17.8 Å². The molecule has 1 aromatic rings. The minimum absolute atomic E-state index is 0.281. The minimum Gasteiger partial charge on any atom is -0.378 e. The van der Waals surface area contributed by atoms with Crippen molar-refractivity contribution in [2.75, 3.05) is 0 Å². The van der Waals surface area contributed by atoms with Crippen LogP contribution in [-0.4, -0.2) is 20.9 Å². The Kier molecular flexibility index (Phi) is 2.36. The van der Waals surface area contributed by atoms with Crippen molar-refractivity contribution in [3.63, 3.8) is 0 Å². The highest BCUT2D eigenvalue weighted by atomic mass is 32.2. The molecule has 5 nitrogen and oxygen atoms in total. The smallest absolute Gasteiger partial charge is 0.286 e. The molecule has 0 saturated carbocycles. The van der Waals surface area contributed by atoms with Crippen molar-refractivity contribution >= 4 is 28.9 Å². The van der Waals surface area contributed by atoms with Crippen LogP contribution in [0.1, 0.15) is 11.4 Å². The number of thioether (sulfide) groups is 1. The van der Waals surface area contributed by atoms with Gasteiger partial charge in [-0.1, -0.05) is 0 Å². The molecule has 0 fully saturated rings. The SMILES string of the molecule is Cc1cc(/C=C2\SC(N)=NC2=O)n(C)n1. The highest BCUT2D eigenvalue weighted by Crippen LogP contribution is 2.26. The van der Waals surface area contributed by atoms with Gasteiger partial charge in [-0.2, -0.15) is 10.1 Å². The van der Waals surface area contributed by atoms with E-state index < -0.39 is 0 Å². The Morgan fingerprint density at radius 2 is 2.33 bits per heavy atom. The Morgan fingerprint density at radius 3 is 2.80 bits per heavy atom. The Hall–Kier alpha value is -1.56. The Bertz CT molecular complexity index is 486. The molecule has 0 unspecified atom stereocenters. The third-order valence-corrected chi connectivity index (χ3v) is 2.77. The number of rotatable bonds is 1. The summed E-state index contributed by atoms with van der Waals surface area (Å²) >= 11 is 1.18. The van der Waals surface area contributed by atoms with Gasteiger partial charge in [0.25, 0.3) is 5.91 Å². The van der Waals surface area contributed by atoms with Gasteiger partial charge in [0.1, 0.15) is 0 Å². The van der Waals surface area contributed by atoms with E-state index in [1.807, 2.05) is 20.0 Å². The first-order valence-corrected chi connectivity index (χ1v) is 5.16. The predicted octanol–water partition coefficient (Wildman–Crippen LogP) is 0.658. The number of aromatic nitrogens is 2. The number of carbonyl (C=O) groups excluding carboxylic acids is 1. The van der Waals surface area contributed by atoms with Gasteiger partial charge in [0.05, 0.1) is 16.3 Å². The quantitative estimate of drug-likeness (QED) is 0.708. The average molecular weight is 222 g/mol. The number of aliphatic imine (C=N–C) groups is 1. The summed E-state index contributed by atoms with van der Waals surface area (Å²) in [6.07, 6.45) is 1.75. The summed E-state index contributed by atoms with van der Waals surface area (Å²) in [5, 5.41) is 4.48. The molecule has 78 valence electrons. The van der Waals surface area contributed by atoms with E-state index in [4.69, 9.17) is 5.73 Å². The average Bonchev–Trinajstić information content (AvgIpc) is 2.58. The zero-order valence-electron chi connectivity index (χ0n) is 8.39. The van der Waals surface area contributed by atoms with E-state index in [0.29, 0.717) is 10.1 Å². The van der Waals surface area contributed by atoms with Crippen LogP contribution in [0.2, 0.25) is 0 Å². The number of amides is 1. The molecule has 1 aliphatic heterocycles. The lowest BCUT2D eigenvalue weighted by Crippen LogP contribution is -2.01. The number of nitrogens with zero attached hydrogens (tertiary/aromatic N) is 3. The van der Waals surface area contributed by atoms with Gasteiger partial charge >= 0.3 is 0 Å². The fourth-order valence-electron chi connectivity index (χ4n) is 1.33. The van der Waals surface area contributed by atoms with Crippen LogP contribution < -0.4 is 5.73 Å². The van der Waals surface area contributed by atoms with E-state index in [1.54, 1.807) is 10.8 Å². The first kappa shape index (κ1) is 9.97. The molecule has 0 radical (unpaired) electrons. The molecule has 1 amide bonds. The molecule has 15 heavy (non-hydrogen) atoms. The predicted molar refractivity (Wildman–Crippen MR) is 60.1 cm³/mol. The van der Waals surface area contributed by atoms with Crippen LogP contribution in [0.5, 0.6) is 0 Å². The van der Waals surface area contributed by atoms with E-state index in [1.165, 1.54) is 11.8 Å². The fraction of sp³-hybridized carbons (Fsp3) is 0.222. The van der Waals surface area contributed by atoms with E-state index in [2.05, 4.69) is 10.1 Å². The van der Waals surface area contributed by atoms with Crippen LogP contribution in [0, 0.1) is 6.92 Å². The molecule has 0 spiro atoms. The van der Waals surface area contributed by atoms with Gasteiger partial charge in [0.15, 0.2) is 5.17 Å². The summed E-state index contributed by atoms with van der Waals surface area (Å²) < 4.78 is 1.71. The molecule has 0 saturated heterocycles. The lowest BCUT2D eigenvalue weighted by molar-refractivity contribution is -0.113. The number of nitrogens with two attached hydrogens (primary N) is 1. The third-order valence-electron chi connectivity index (χ3n) is 1.95. The fourth-order valence-corrected chi connectivity index (χ4v) is 1.99. The molecule has 0 aliphatic carbocycles. The minimum atomic E-state index is -0.281. The summed E-state index contributed by atoms with van der Waals surface area (Å²) in [7, 11) is 1.83. The molecule has 0 atom stereocenters. The standard InChI is InChI=1S/C9H10N4OS/c1-5-3-6(13(2)12-5)4-7-8(14)11-9(10)15-7/h3-4H,1-2H3,(H2,10,11,14)/b7-4-. The number of carbonyl (C=O) groups is 1. The molecule has 6 heteroatoms. The second-order valence-corrected chi connectivity index (χ2v) is 4.26. The van der Waals surface area contributed by atoms with Crippen LogP contribution in [0.15, 0.2) is 16.0 Å². The van der Waals surface area contributed by atoms with E-state index in [-0.39, 0.29) is 5.91 Å². The van der Waals surface area contributed by atoms with Crippen molar-refractivity contribution in [3.8, 4) is 0 Å². The van der Waals surface area contributed by atoms with Crippen molar-refractivity contribution in [3.05, 3.63) is 22.4 Å². The highest BCUT2D eigenvalue weighted by Gasteiger charge is 2.19. The summed E-state index contributed by atoms with van der Waals surface area (Å²) in [5.41, 5.74) is 7.22. The van der Waals surface area contributed by atoms with Gasteiger partial charge in [-0.3, -0.25) is 9.48 Å². The van der Waals surface area contributed by atoms with Crippen LogP contribution in [0.25, 0.3) is 6.08 Å². The van der Waals surface area contributed by atoms with Gasteiger partial charge in [-0.25, -0.2) is 0 Å². The topological polar surface area (TPSA) is 73.3 Å². The number of hydrogen-bond acceptors (Lipinski definition) is 4. The first-order valence-electron chi connectivity index (χ1n) is 4.35. The molecule has 2 heterocycles. The van der Waals surface area contributed by atoms with Crippen LogP contribution in [0.3, 0.4) is 0 Å². The van der Waals surface area contributed by atoms with E-state index in [9.17, 15) is 4.79 Å². The Balaban J connectivity index is 2.33. The summed E-state index contributed by atoms with van der Waals surface area (Å²) in [4.78, 5) is 15.5. The zero-order chi connectivity index (χ0) is 11.0. The Labute approximate surface area is 91.1 Å². The molecule has 0 bridgehead atoms. The van der Waals surface area contributed by atoms with Gasteiger partial charge < -0.3 is 5.73 Å². The van der Waals surface area contributed by atoms with Crippen molar-refractivity contribution < 1.29 is 4.79 Å². The van der Waals surface area contributed by atoms with Crippen molar-refractivity contribution in [2.45, 2.75) is 6.92 Å². The van der Waals surface area contributed by atoms with Crippen LogP contribution in [-0.2, 0) is 11.8 Å². The molecular formula is C9H10N4OS. The summed E-state index contributed by atoms with van der Waals surface area (Å²) in [5.74, 6) is -0.281. The monoisotopic (exact) mass is 222 g/mol. The maximum Gasteiger partial charge on any atom is 0.286 e. The van der Waals surface area contributed by atoms with Crippen molar-refractivity contribution in [1.82, 2.24) is 9.78 Å². The summed E-state index contributed by atoms with van der Waals surface area (Å²) in [6, 6.07) is 1.90. The second kappa shape index (κ2) is 3.54. The zero-order valence-corrected chi connectivity index (χ0v) is 9.21. The number of amidine groups is 1.